The van der Waals surface area contributed by atoms with E-state index < -0.39 is 13.5 Å². The van der Waals surface area contributed by atoms with E-state index in [2.05, 4.69) is 111 Å². The summed E-state index contributed by atoms with van der Waals surface area (Å²) in [7, 11) is 16.6. The van der Waals surface area contributed by atoms with E-state index in [1.54, 1.807) is 0 Å². The van der Waals surface area contributed by atoms with Gasteiger partial charge in [-0.2, -0.15) is 0 Å². The van der Waals surface area contributed by atoms with E-state index in [1.807, 2.05) is 0 Å². The summed E-state index contributed by atoms with van der Waals surface area (Å²) in [6, 6.07) is 22.2. The normalized spacial score (nSPS) is 17.3. The van der Waals surface area contributed by atoms with E-state index in [0.29, 0.717) is 17.8 Å². The summed E-state index contributed by atoms with van der Waals surface area (Å²) in [4.78, 5) is 0. The SMILES string of the molecule is CC(C)c1cc(C(C)C)c(-c2ccccc2P)c(C(C)C)c1-c1ccccc1.[Cl][Pd]([Cl])([CH]1CCCCC1)[CH]1CCCCC1. The summed E-state index contributed by atoms with van der Waals surface area (Å²) in [6.07, 6.45) is 13.6. The molecule has 5 rings (SSSR count). The van der Waals surface area contributed by atoms with Crippen molar-refractivity contribution in [3.63, 3.8) is 0 Å². The molecule has 0 nitrogen and oxygen atoms in total. The van der Waals surface area contributed by atoms with Gasteiger partial charge in [-0.05, 0) is 62.0 Å². The standard InChI is InChI=1S/C27H33P.2C6H11.2ClH.Pd/c1-17(2)22-16-23(18(3)4)27(21-14-10-11-15-24(21)28)25(19(5)6)26(22)20-12-8-7-9-13-20;2*1-2-4-6-5-3-1;;;/h7-19H,28H2,1-6H3;2*1H,2-6H2;2*1H;/q;;;;;+2/p-2. The van der Waals surface area contributed by atoms with Gasteiger partial charge < -0.3 is 0 Å². The van der Waals surface area contributed by atoms with Gasteiger partial charge in [0.05, 0.1) is 0 Å². The summed E-state index contributed by atoms with van der Waals surface area (Å²) in [5.74, 6) is 1.39. The zero-order valence-corrected chi connectivity index (χ0v) is 31.6. The maximum absolute atomic E-state index is 6.81. The quantitative estimate of drug-likeness (QED) is 0.168. The van der Waals surface area contributed by atoms with Crippen LogP contribution in [-0.4, -0.2) is 0 Å². The van der Waals surface area contributed by atoms with Crippen LogP contribution in [0.25, 0.3) is 22.3 Å². The van der Waals surface area contributed by atoms with Crippen LogP contribution in [0.5, 0.6) is 0 Å². The van der Waals surface area contributed by atoms with Gasteiger partial charge in [0.15, 0.2) is 0 Å². The summed E-state index contributed by atoms with van der Waals surface area (Å²) in [6.45, 7) is 14.0. The number of benzene rings is 3. The maximum atomic E-state index is 6.81. The second kappa shape index (κ2) is 16.2. The van der Waals surface area contributed by atoms with Gasteiger partial charge in [0.1, 0.15) is 0 Å². The van der Waals surface area contributed by atoms with E-state index in [4.69, 9.17) is 19.1 Å². The predicted octanol–water partition coefficient (Wildman–Crippen LogP) is 13.8. The van der Waals surface area contributed by atoms with E-state index in [-0.39, 0.29) is 0 Å². The van der Waals surface area contributed by atoms with Crippen molar-refractivity contribution in [2.45, 2.75) is 132 Å². The summed E-state index contributed by atoms with van der Waals surface area (Å²) in [5.41, 5.74) is 9.93. The van der Waals surface area contributed by atoms with E-state index in [0.717, 1.165) is 8.78 Å². The average molecular weight is 732 g/mol. The van der Waals surface area contributed by atoms with Crippen molar-refractivity contribution in [3.8, 4) is 22.3 Å². The van der Waals surface area contributed by atoms with Crippen LogP contribution in [0, 0.1) is 0 Å². The number of halogens is 2. The molecule has 4 heteroatoms. The van der Waals surface area contributed by atoms with Crippen LogP contribution >= 0.6 is 28.3 Å². The van der Waals surface area contributed by atoms with Gasteiger partial charge in [0.2, 0.25) is 0 Å². The van der Waals surface area contributed by atoms with Crippen molar-refractivity contribution >= 4 is 33.6 Å². The minimum absolute atomic E-state index is 0.436. The third-order valence-electron chi connectivity index (χ3n) is 9.23. The number of hydrogen-bond donors (Lipinski definition) is 0. The number of hydrogen-bond acceptors (Lipinski definition) is 0. The predicted molar refractivity (Wildman–Crippen MR) is 194 cm³/mol. The van der Waals surface area contributed by atoms with E-state index >= 15 is 0 Å². The first-order valence-electron chi connectivity index (χ1n) is 16.7. The van der Waals surface area contributed by atoms with Crippen molar-refractivity contribution < 1.29 is 13.5 Å². The van der Waals surface area contributed by atoms with Crippen LogP contribution in [0.3, 0.4) is 0 Å². The Morgan fingerprint density at radius 1 is 0.605 bits per heavy atom. The fourth-order valence-electron chi connectivity index (χ4n) is 6.94. The summed E-state index contributed by atoms with van der Waals surface area (Å²) < 4.78 is 1.43. The van der Waals surface area contributed by atoms with Crippen LogP contribution in [0.4, 0.5) is 0 Å². The molecule has 0 radical (unpaired) electrons. The van der Waals surface area contributed by atoms with Crippen molar-refractivity contribution in [3.05, 3.63) is 77.4 Å². The van der Waals surface area contributed by atoms with Crippen molar-refractivity contribution in [1.82, 2.24) is 0 Å². The van der Waals surface area contributed by atoms with Gasteiger partial charge in [-0.3, -0.25) is 0 Å². The first-order valence-corrected chi connectivity index (χ1v) is 23.0. The molecule has 1 unspecified atom stereocenters. The van der Waals surface area contributed by atoms with Gasteiger partial charge >= 0.3 is 106 Å². The molecule has 0 bridgehead atoms. The molecule has 3 aromatic rings. The summed E-state index contributed by atoms with van der Waals surface area (Å²) >= 11 is -2.08. The molecule has 3 aromatic carbocycles. The second-order valence-corrected chi connectivity index (χ2v) is 24.1. The molecule has 2 saturated carbocycles. The fraction of sp³-hybridized carbons (Fsp3) is 0.538. The molecule has 0 aromatic heterocycles. The Bertz CT molecular complexity index is 1280. The Kier molecular flexibility index (Phi) is 13.3. The van der Waals surface area contributed by atoms with Crippen LogP contribution in [-0.2, 0) is 13.5 Å². The molecule has 0 saturated heterocycles. The second-order valence-electron chi connectivity index (χ2n) is 13.4. The topological polar surface area (TPSA) is 0 Å². The van der Waals surface area contributed by atoms with Crippen LogP contribution in [0.1, 0.15) is 140 Å². The molecule has 1 atom stereocenters. The molecule has 240 valence electrons. The third-order valence-corrected chi connectivity index (χ3v) is 19.5. The van der Waals surface area contributed by atoms with Crippen LogP contribution < -0.4 is 5.30 Å². The molecule has 0 N–H and O–H groups in total. The van der Waals surface area contributed by atoms with Crippen LogP contribution in [0.2, 0.25) is 8.78 Å². The zero-order valence-electron chi connectivity index (χ0n) is 27.4. The molecule has 0 spiro atoms. The average Bonchev–Trinajstić information content (AvgIpc) is 3.01. The number of rotatable bonds is 7. The van der Waals surface area contributed by atoms with Crippen molar-refractivity contribution in [2.24, 2.45) is 0 Å². The molecule has 2 fully saturated rings. The molecular formula is C39H55Cl2PPd. The summed E-state index contributed by atoms with van der Waals surface area (Å²) in [5, 5.41) is 1.27. The monoisotopic (exact) mass is 730 g/mol. The van der Waals surface area contributed by atoms with Gasteiger partial charge in [0, 0.05) is 0 Å². The van der Waals surface area contributed by atoms with E-state index in [1.165, 1.54) is 108 Å². The molecule has 43 heavy (non-hydrogen) atoms. The first-order chi connectivity index (χ1) is 20.5. The Morgan fingerprint density at radius 3 is 1.53 bits per heavy atom. The Balaban J connectivity index is 0.000000237. The van der Waals surface area contributed by atoms with Gasteiger partial charge in [0.25, 0.3) is 0 Å². The Labute approximate surface area is 277 Å². The Morgan fingerprint density at radius 2 is 1.07 bits per heavy atom. The molecule has 2 aliphatic rings. The van der Waals surface area contributed by atoms with E-state index in [9.17, 15) is 0 Å². The third kappa shape index (κ3) is 8.58. The molecule has 0 heterocycles. The zero-order chi connectivity index (χ0) is 31.1. The fourth-order valence-corrected chi connectivity index (χ4v) is 15.3. The van der Waals surface area contributed by atoms with Crippen molar-refractivity contribution in [1.29, 1.82) is 0 Å². The molecule has 0 aliphatic heterocycles. The van der Waals surface area contributed by atoms with Crippen LogP contribution in [0.15, 0.2) is 60.7 Å². The molecule has 2 aliphatic carbocycles. The first kappa shape index (κ1) is 35.2. The minimum atomic E-state index is -2.08. The van der Waals surface area contributed by atoms with Crippen molar-refractivity contribution in [2.75, 3.05) is 0 Å². The molecular weight excluding hydrogens is 677 g/mol. The van der Waals surface area contributed by atoms with Gasteiger partial charge in [-0.1, -0.05) is 102 Å². The molecule has 0 amide bonds. The Hall–Kier alpha value is -0.668. The van der Waals surface area contributed by atoms with Gasteiger partial charge in [-0.15, -0.1) is 9.24 Å². The van der Waals surface area contributed by atoms with Gasteiger partial charge in [-0.25, -0.2) is 0 Å².